The van der Waals surface area contributed by atoms with Crippen LogP contribution in [0.3, 0.4) is 0 Å². The molecule has 0 aliphatic heterocycles. The Labute approximate surface area is 97.2 Å². The van der Waals surface area contributed by atoms with Crippen LogP contribution in [0.25, 0.3) is 0 Å². The average molecular weight is 232 g/mol. The molecule has 0 spiro atoms. The first kappa shape index (κ1) is 15.6. The van der Waals surface area contributed by atoms with Crippen molar-refractivity contribution in [3.05, 3.63) is 12.7 Å². The molecule has 0 aromatic heterocycles. The summed E-state index contributed by atoms with van der Waals surface area (Å²) in [5, 5.41) is 36.7. The van der Waals surface area contributed by atoms with Crippen LogP contribution in [-0.2, 0) is 0 Å². The van der Waals surface area contributed by atoms with Gasteiger partial charge in [0.2, 0.25) is 0 Å². The standard InChI is InChI=1S/C12H24O4/c1-2-3-4-10(14)5-6-11(15)7-8-12(16)9-13/h2,10-16H,1,3-9H2. The molecule has 0 radical (unpaired) electrons. The zero-order valence-corrected chi connectivity index (χ0v) is 9.76. The van der Waals surface area contributed by atoms with Crippen LogP contribution in [-0.4, -0.2) is 45.3 Å². The Morgan fingerprint density at radius 2 is 1.25 bits per heavy atom. The summed E-state index contributed by atoms with van der Waals surface area (Å²) in [4.78, 5) is 0. The van der Waals surface area contributed by atoms with E-state index in [0.717, 1.165) is 6.42 Å². The Balaban J connectivity index is 3.48. The Bertz CT molecular complexity index is 172. The number of hydrogen-bond acceptors (Lipinski definition) is 4. The number of rotatable bonds is 10. The number of aliphatic hydroxyl groups excluding tert-OH is 4. The lowest BCUT2D eigenvalue weighted by Gasteiger charge is -2.15. The molecule has 3 unspecified atom stereocenters. The van der Waals surface area contributed by atoms with Gasteiger partial charge in [-0.3, -0.25) is 0 Å². The minimum atomic E-state index is -0.750. The molecule has 4 nitrogen and oxygen atoms in total. The molecule has 0 fully saturated rings. The third-order valence-corrected chi connectivity index (χ3v) is 2.58. The second-order valence-corrected chi connectivity index (χ2v) is 4.16. The van der Waals surface area contributed by atoms with E-state index in [0.29, 0.717) is 32.1 Å². The fourth-order valence-electron chi connectivity index (χ4n) is 1.46. The Kier molecular flexibility index (Phi) is 9.52. The first-order chi connectivity index (χ1) is 7.60. The topological polar surface area (TPSA) is 80.9 Å². The minimum absolute atomic E-state index is 0.269. The summed E-state index contributed by atoms with van der Waals surface area (Å²) in [7, 11) is 0. The van der Waals surface area contributed by atoms with E-state index in [9.17, 15) is 10.2 Å². The van der Waals surface area contributed by atoms with Crippen LogP contribution in [0.5, 0.6) is 0 Å². The largest absolute Gasteiger partial charge is 0.394 e. The predicted octanol–water partition coefficient (Wildman–Crippen LogP) is 0.588. The zero-order chi connectivity index (χ0) is 12.4. The molecule has 0 aromatic carbocycles. The van der Waals surface area contributed by atoms with Crippen molar-refractivity contribution in [1.82, 2.24) is 0 Å². The molecule has 0 saturated heterocycles. The summed E-state index contributed by atoms with van der Waals surface area (Å²) in [6, 6.07) is 0. The van der Waals surface area contributed by atoms with E-state index in [4.69, 9.17) is 10.2 Å². The first-order valence-corrected chi connectivity index (χ1v) is 5.86. The highest BCUT2D eigenvalue weighted by molar-refractivity contribution is 4.70. The van der Waals surface area contributed by atoms with Gasteiger partial charge in [0.15, 0.2) is 0 Å². The summed E-state index contributed by atoms with van der Waals surface area (Å²) in [6.45, 7) is 3.30. The maximum absolute atomic E-state index is 9.54. The van der Waals surface area contributed by atoms with Crippen LogP contribution in [0.15, 0.2) is 12.7 Å². The minimum Gasteiger partial charge on any atom is -0.394 e. The van der Waals surface area contributed by atoms with Gasteiger partial charge < -0.3 is 20.4 Å². The highest BCUT2D eigenvalue weighted by atomic mass is 16.3. The van der Waals surface area contributed by atoms with Crippen molar-refractivity contribution in [2.24, 2.45) is 0 Å². The van der Waals surface area contributed by atoms with Gasteiger partial charge >= 0.3 is 0 Å². The normalized spacial score (nSPS) is 16.8. The van der Waals surface area contributed by atoms with Gasteiger partial charge in [-0.2, -0.15) is 0 Å². The molecule has 16 heavy (non-hydrogen) atoms. The van der Waals surface area contributed by atoms with Crippen molar-refractivity contribution in [3.63, 3.8) is 0 Å². The first-order valence-electron chi connectivity index (χ1n) is 5.86. The predicted molar refractivity (Wildman–Crippen MR) is 63.0 cm³/mol. The highest BCUT2D eigenvalue weighted by Crippen LogP contribution is 2.11. The molecule has 0 heterocycles. The van der Waals surface area contributed by atoms with Gasteiger partial charge in [-0.1, -0.05) is 6.08 Å². The summed E-state index contributed by atoms with van der Waals surface area (Å²) >= 11 is 0. The van der Waals surface area contributed by atoms with Crippen LogP contribution >= 0.6 is 0 Å². The van der Waals surface area contributed by atoms with E-state index in [2.05, 4.69) is 6.58 Å². The third kappa shape index (κ3) is 8.85. The average Bonchev–Trinajstić information content (AvgIpc) is 2.30. The van der Waals surface area contributed by atoms with Crippen molar-refractivity contribution >= 4 is 0 Å². The molecule has 3 atom stereocenters. The second kappa shape index (κ2) is 9.78. The maximum atomic E-state index is 9.54. The van der Waals surface area contributed by atoms with E-state index in [1.54, 1.807) is 6.08 Å². The van der Waals surface area contributed by atoms with Crippen LogP contribution in [0, 0.1) is 0 Å². The van der Waals surface area contributed by atoms with Gasteiger partial charge in [0.05, 0.1) is 24.9 Å². The molecule has 0 bridgehead atoms. The lowest BCUT2D eigenvalue weighted by Crippen LogP contribution is -2.18. The molecule has 96 valence electrons. The zero-order valence-electron chi connectivity index (χ0n) is 9.76. The molecular weight excluding hydrogens is 208 g/mol. The molecule has 0 amide bonds. The van der Waals surface area contributed by atoms with Crippen LogP contribution < -0.4 is 0 Å². The third-order valence-electron chi connectivity index (χ3n) is 2.58. The lowest BCUT2D eigenvalue weighted by atomic mass is 10.0. The summed E-state index contributed by atoms with van der Waals surface area (Å²) < 4.78 is 0. The Hall–Kier alpha value is -0.420. The Morgan fingerprint density at radius 1 is 0.812 bits per heavy atom. The van der Waals surface area contributed by atoms with E-state index in [1.807, 2.05) is 0 Å². The lowest BCUT2D eigenvalue weighted by molar-refractivity contribution is 0.0600. The van der Waals surface area contributed by atoms with Crippen molar-refractivity contribution in [1.29, 1.82) is 0 Å². The molecule has 0 saturated carbocycles. The molecule has 0 aliphatic rings. The van der Waals surface area contributed by atoms with E-state index >= 15 is 0 Å². The van der Waals surface area contributed by atoms with Crippen LogP contribution in [0.4, 0.5) is 0 Å². The molecule has 0 aliphatic carbocycles. The van der Waals surface area contributed by atoms with Gasteiger partial charge in [0, 0.05) is 0 Å². The number of hydrogen-bond donors (Lipinski definition) is 4. The quantitative estimate of drug-likeness (QED) is 0.416. The maximum Gasteiger partial charge on any atom is 0.0771 e. The molecule has 4 N–H and O–H groups in total. The smallest absolute Gasteiger partial charge is 0.0771 e. The van der Waals surface area contributed by atoms with Gasteiger partial charge in [-0.05, 0) is 38.5 Å². The van der Waals surface area contributed by atoms with Crippen molar-refractivity contribution in [2.75, 3.05) is 6.61 Å². The van der Waals surface area contributed by atoms with E-state index < -0.39 is 18.3 Å². The highest BCUT2D eigenvalue weighted by Gasteiger charge is 2.11. The number of aliphatic hydroxyl groups is 4. The SMILES string of the molecule is C=CCCC(O)CCC(O)CCC(O)CO. The van der Waals surface area contributed by atoms with E-state index in [-0.39, 0.29) is 6.61 Å². The Morgan fingerprint density at radius 3 is 1.69 bits per heavy atom. The van der Waals surface area contributed by atoms with Gasteiger partial charge in [-0.25, -0.2) is 0 Å². The molecule has 0 aromatic rings. The molecule has 0 rings (SSSR count). The van der Waals surface area contributed by atoms with Gasteiger partial charge in [0.25, 0.3) is 0 Å². The van der Waals surface area contributed by atoms with Crippen molar-refractivity contribution in [2.45, 2.75) is 56.8 Å². The summed E-state index contributed by atoms with van der Waals surface area (Å²) in [6.07, 6.45) is 3.49. The van der Waals surface area contributed by atoms with Gasteiger partial charge in [-0.15, -0.1) is 6.58 Å². The summed E-state index contributed by atoms with van der Waals surface area (Å²) in [5.74, 6) is 0. The van der Waals surface area contributed by atoms with Crippen molar-refractivity contribution in [3.8, 4) is 0 Å². The molecule has 4 heteroatoms. The fraction of sp³-hybridized carbons (Fsp3) is 0.833. The molecular formula is C12H24O4. The van der Waals surface area contributed by atoms with E-state index in [1.165, 1.54) is 0 Å². The van der Waals surface area contributed by atoms with Crippen LogP contribution in [0.1, 0.15) is 38.5 Å². The van der Waals surface area contributed by atoms with Crippen LogP contribution in [0.2, 0.25) is 0 Å². The van der Waals surface area contributed by atoms with Crippen molar-refractivity contribution < 1.29 is 20.4 Å². The second-order valence-electron chi connectivity index (χ2n) is 4.16. The summed E-state index contributed by atoms with van der Waals surface area (Å²) in [5.41, 5.74) is 0. The fourth-order valence-corrected chi connectivity index (χ4v) is 1.46. The van der Waals surface area contributed by atoms with Gasteiger partial charge in [0.1, 0.15) is 0 Å². The monoisotopic (exact) mass is 232 g/mol. The number of allylic oxidation sites excluding steroid dienone is 1.